The van der Waals surface area contributed by atoms with Crippen molar-refractivity contribution in [1.82, 2.24) is 4.90 Å². The first kappa shape index (κ1) is 29.5. The molecule has 0 bridgehead atoms. The third-order valence-corrected chi connectivity index (χ3v) is 6.19. The van der Waals surface area contributed by atoms with Crippen molar-refractivity contribution in [3.63, 3.8) is 0 Å². The highest BCUT2D eigenvalue weighted by Crippen LogP contribution is 2.45. The first-order valence-electron chi connectivity index (χ1n) is 12.2. The second-order valence-electron chi connectivity index (χ2n) is 10.4. The minimum Gasteiger partial charge on any atom is -0.444 e. The Morgan fingerprint density at radius 1 is 1.03 bits per heavy atom. The van der Waals surface area contributed by atoms with E-state index in [9.17, 15) is 19.6 Å². The topological polar surface area (TPSA) is 106 Å². The summed E-state index contributed by atoms with van der Waals surface area (Å²) in [6, 6.07) is 17.9. The molecule has 0 aliphatic carbocycles. The fourth-order valence-corrected chi connectivity index (χ4v) is 4.54. The molecule has 0 heterocycles. The summed E-state index contributed by atoms with van der Waals surface area (Å²) in [5.41, 5.74) is -0.815. The van der Waals surface area contributed by atoms with Crippen molar-refractivity contribution in [2.24, 2.45) is 11.8 Å². The van der Waals surface area contributed by atoms with Gasteiger partial charge in [0.05, 0.1) is 11.6 Å². The lowest BCUT2D eigenvalue weighted by atomic mass is 9.66. The Labute approximate surface area is 219 Å². The maximum atomic E-state index is 14.0. The molecule has 198 valence electrons. The van der Waals surface area contributed by atoms with E-state index < -0.39 is 35.0 Å². The lowest BCUT2D eigenvalue weighted by molar-refractivity contribution is -0.290. The molecule has 0 saturated heterocycles. The van der Waals surface area contributed by atoms with Gasteiger partial charge in [0, 0.05) is 18.9 Å². The van der Waals surface area contributed by atoms with Gasteiger partial charge < -0.3 is 9.53 Å². The fraction of sp³-hybridized carbons (Fsp3) is 0.448. The van der Waals surface area contributed by atoms with Gasteiger partial charge in [-0.05, 0) is 49.9 Å². The van der Waals surface area contributed by atoms with Crippen LogP contribution in [-0.4, -0.2) is 41.4 Å². The van der Waals surface area contributed by atoms with E-state index in [-0.39, 0.29) is 12.5 Å². The van der Waals surface area contributed by atoms with Gasteiger partial charge in [-0.15, -0.1) is 0 Å². The second kappa shape index (κ2) is 12.5. The highest BCUT2D eigenvalue weighted by atomic mass is 17.2. The minimum absolute atomic E-state index is 0.0164. The van der Waals surface area contributed by atoms with Crippen molar-refractivity contribution < 1.29 is 28.9 Å². The first-order chi connectivity index (χ1) is 17.4. The quantitative estimate of drug-likeness (QED) is 0.240. The number of hydrogen-bond donors (Lipinski definition) is 0. The monoisotopic (exact) mass is 508 g/mol. The van der Waals surface area contributed by atoms with Gasteiger partial charge in [-0.3, -0.25) is 9.79 Å². The molecule has 8 heteroatoms. The number of carbonyl (C=O) groups excluding carboxylic acids is 3. The Morgan fingerprint density at radius 2 is 1.62 bits per heavy atom. The predicted molar refractivity (Wildman–Crippen MR) is 138 cm³/mol. The Bertz CT molecular complexity index is 1100. The second-order valence-corrected chi connectivity index (χ2v) is 10.4. The Kier molecular flexibility index (Phi) is 9.98. The van der Waals surface area contributed by atoms with Crippen molar-refractivity contribution in [1.29, 1.82) is 5.26 Å². The molecule has 0 fully saturated rings. The molecule has 37 heavy (non-hydrogen) atoms. The number of nitriles is 1. The van der Waals surface area contributed by atoms with Crippen LogP contribution >= 0.6 is 0 Å². The Balaban J connectivity index is 2.65. The smallest absolute Gasteiger partial charge is 0.411 e. The molecule has 1 amide bonds. The number of benzene rings is 2. The standard InChI is InChI=1S/C29H36N2O6/c1-20(2)25(24-15-13-22(17-30)14-16-24)29(21(3)18-32,31(7)27(34)36-28(4,5)6)26(33)37-35-19-23-11-9-8-10-12-23/h8-16,18,20-21,25H,19H2,1-7H3/t21?,25?,29-/m1/s1. The van der Waals surface area contributed by atoms with Crippen LogP contribution in [0.25, 0.3) is 0 Å². The maximum absolute atomic E-state index is 14.0. The van der Waals surface area contributed by atoms with Gasteiger partial charge in [0.1, 0.15) is 18.5 Å². The van der Waals surface area contributed by atoms with E-state index in [1.54, 1.807) is 52.0 Å². The molecule has 0 saturated carbocycles. The van der Waals surface area contributed by atoms with E-state index in [2.05, 4.69) is 6.07 Å². The summed E-state index contributed by atoms with van der Waals surface area (Å²) in [6.45, 7) is 10.5. The third kappa shape index (κ3) is 6.95. The molecular formula is C29H36N2O6. The Hall–Kier alpha value is -3.70. The van der Waals surface area contributed by atoms with Crippen molar-refractivity contribution >= 4 is 18.3 Å². The predicted octanol–water partition coefficient (Wildman–Crippen LogP) is 5.41. The highest BCUT2D eigenvalue weighted by molar-refractivity contribution is 5.90. The van der Waals surface area contributed by atoms with Gasteiger partial charge in [0.2, 0.25) is 0 Å². The molecule has 0 spiro atoms. The average Bonchev–Trinajstić information content (AvgIpc) is 2.85. The summed E-state index contributed by atoms with van der Waals surface area (Å²) < 4.78 is 5.61. The first-order valence-corrected chi connectivity index (χ1v) is 12.2. The molecule has 3 atom stereocenters. The van der Waals surface area contributed by atoms with E-state index in [0.717, 1.165) is 10.5 Å². The number of aldehydes is 1. The molecule has 2 aromatic carbocycles. The lowest BCUT2D eigenvalue weighted by Gasteiger charge is -2.48. The minimum atomic E-state index is -1.83. The van der Waals surface area contributed by atoms with Crippen molar-refractivity contribution in [2.75, 3.05) is 7.05 Å². The van der Waals surface area contributed by atoms with Crippen molar-refractivity contribution in [3.05, 3.63) is 71.3 Å². The summed E-state index contributed by atoms with van der Waals surface area (Å²) in [7, 11) is 1.42. The van der Waals surface area contributed by atoms with Gasteiger partial charge in [-0.1, -0.05) is 63.2 Å². The van der Waals surface area contributed by atoms with Gasteiger partial charge >= 0.3 is 12.1 Å². The van der Waals surface area contributed by atoms with Gasteiger partial charge in [-0.25, -0.2) is 9.59 Å². The average molecular weight is 509 g/mol. The van der Waals surface area contributed by atoms with E-state index in [1.165, 1.54) is 7.05 Å². The van der Waals surface area contributed by atoms with Gasteiger partial charge in [-0.2, -0.15) is 10.1 Å². The van der Waals surface area contributed by atoms with Crippen LogP contribution in [0.1, 0.15) is 64.2 Å². The third-order valence-electron chi connectivity index (χ3n) is 6.19. The molecule has 0 N–H and O–H groups in total. The Morgan fingerprint density at radius 3 is 2.11 bits per heavy atom. The lowest BCUT2D eigenvalue weighted by Crippen LogP contribution is -2.65. The SMILES string of the molecule is CC(C)C(c1ccc(C#N)cc1)[C@@](C(=O)OOCc1ccccc1)(C(C)C=O)N(C)C(=O)OC(C)(C)C. The summed E-state index contributed by atoms with van der Waals surface area (Å²) >= 11 is 0. The molecule has 8 nitrogen and oxygen atoms in total. The summed E-state index contributed by atoms with van der Waals surface area (Å²) in [5, 5.41) is 9.25. The molecule has 2 rings (SSSR count). The number of nitrogens with zero attached hydrogens (tertiary/aromatic N) is 2. The molecule has 0 aromatic heterocycles. The number of amides is 1. The number of carbonyl (C=O) groups is 3. The number of rotatable bonds is 10. The zero-order chi connectivity index (χ0) is 27.8. The molecule has 2 aromatic rings. The molecule has 0 aliphatic rings. The maximum Gasteiger partial charge on any atom is 0.411 e. The van der Waals surface area contributed by atoms with Crippen LogP contribution in [0.4, 0.5) is 4.79 Å². The zero-order valence-corrected chi connectivity index (χ0v) is 22.6. The summed E-state index contributed by atoms with van der Waals surface area (Å²) in [6.07, 6.45) is -0.168. The number of likely N-dealkylation sites (N-methyl/N-ethyl adjacent to an activating group) is 1. The summed E-state index contributed by atoms with van der Waals surface area (Å²) in [4.78, 5) is 51.5. The van der Waals surface area contributed by atoms with Crippen LogP contribution in [0, 0.1) is 23.2 Å². The van der Waals surface area contributed by atoms with Crippen LogP contribution in [0.3, 0.4) is 0 Å². The molecule has 0 radical (unpaired) electrons. The van der Waals surface area contributed by atoms with Crippen LogP contribution in [0.15, 0.2) is 54.6 Å². The van der Waals surface area contributed by atoms with Crippen LogP contribution in [0.2, 0.25) is 0 Å². The van der Waals surface area contributed by atoms with E-state index in [0.29, 0.717) is 17.4 Å². The van der Waals surface area contributed by atoms with E-state index in [1.807, 2.05) is 44.2 Å². The normalized spacial score (nSPS) is 14.6. The largest absolute Gasteiger partial charge is 0.444 e. The fourth-order valence-electron chi connectivity index (χ4n) is 4.54. The van der Waals surface area contributed by atoms with Gasteiger partial charge in [0.25, 0.3) is 0 Å². The van der Waals surface area contributed by atoms with Crippen molar-refractivity contribution in [2.45, 2.75) is 65.2 Å². The van der Waals surface area contributed by atoms with E-state index >= 15 is 0 Å². The molecule has 2 unspecified atom stereocenters. The number of hydrogen-bond acceptors (Lipinski definition) is 7. The summed E-state index contributed by atoms with van der Waals surface area (Å²) in [5.74, 6) is -2.88. The van der Waals surface area contributed by atoms with Crippen LogP contribution in [0.5, 0.6) is 0 Å². The van der Waals surface area contributed by atoms with Crippen LogP contribution in [-0.2, 0) is 30.7 Å². The zero-order valence-electron chi connectivity index (χ0n) is 22.6. The molecule has 0 aliphatic heterocycles. The highest BCUT2D eigenvalue weighted by Gasteiger charge is 2.59. The van der Waals surface area contributed by atoms with Crippen molar-refractivity contribution in [3.8, 4) is 6.07 Å². The molecular weight excluding hydrogens is 472 g/mol. The number of ether oxygens (including phenoxy) is 1. The van der Waals surface area contributed by atoms with E-state index in [4.69, 9.17) is 14.5 Å². The van der Waals surface area contributed by atoms with Crippen LogP contribution < -0.4 is 0 Å². The van der Waals surface area contributed by atoms with Gasteiger partial charge in [0.15, 0.2) is 5.54 Å².